The number of allylic oxidation sites excluding steroid dienone is 5. The van der Waals surface area contributed by atoms with Crippen LogP contribution < -0.4 is 5.32 Å². The molecule has 2 atom stereocenters. The minimum Gasteiger partial charge on any atom is -0.466 e. The van der Waals surface area contributed by atoms with Crippen LogP contribution in [0.3, 0.4) is 0 Å². The minimum absolute atomic E-state index is 0.0177. The summed E-state index contributed by atoms with van der Waals surface area (Å²) < 4.78 is 5.46. The third kappa shape index (κ3) is 47.6. The first kappa shape index (κ1) is 60.1. The van der Waals surface area contributed by atoms with E-state index in [4.69, 9.17) is 4.74 Å². The summed E-state index contributed by atoms with van der Waals surface area (Å²) in [5, 5.41) is 23.1. The van der Waals surface area contributed by atoms with E-state index >= 15 is 0 Å². The second-order valence-electron chi connectivity index (χ2n) is 18.6. The number of rotatable bonds is 50. The molecule has 0 radical (unpaired) electrons. The summed E-state index contributed by atoms with van der Waals surface area (Å²) in [5.74, 6) is -0.0963. The topological polar surface area (TPSA) is 95.9 Å². The van der Waals surface area contributed by atoms with E-state index in [1.165, 1.54) is 193 Å². The molecule has 1 amide bonds. The van der Waals surface area contributed by atoms with Crippen molar-refractivity contribution in [2.75, 3.05) is 13.2 Å². The van der Waals surface area contributed by atoms with Gasteiger partial charge in [0.25, 0.3) is 0 Å². The first-order chi connectivity index (χ1) is 30.5. The lowest BCUT2D eigenvalue weighted by atomic mass is 10.0. The number of hydrogen-bond donors (Lipinski definition) is 3. The van der Waals surface area contributed by atoms with Gasteiger partial charge in [-0.15, -0.1) is 0 Å². The van der Waals surface area contributed by atoms with Crippen molar-refractivity contribution in [1.29, 1.82) is 0 Å². The zero-order valence-corrected chi connectivity index (χ0v) is 41.4. The fourth-order valence-corrected chi connectivity index (χ4v) is 8.19. The van der Waals surface area contributed by atoms with Gasteiger partial charge in [0, 0.05) is 12.8 Å². The van der Waals surface area contributed by atoms with Crippen molar-refractivity contribution in [3.8, 4) is 0 Å². The van der Waals surface area contributed by atoms with Crippen molar-refractivity contribution in [2.45, 2.75) is 296 Å². The van der Waals surface area contributed by atoms with Gasteiger partial charge in [0.1, 0.15) is 0 Å². The van der Waals surface area contributed by atoms with Crippen molar-refractivity contribution in [3.05, 3.63) is 36.5 Å². The lowest BCUT2D eigenvalue weighted by molar-refractivity contribution is -0.143. The lowest BCUT2D eigenvalue weighted by Gasteiger charge is -2.20. The SMILES string of the molecule is CCCCC/C=C\C/C=C\CCCCCCCC(=O)OCCCCCCCCCCCCCCCCC(=O)NC(CO)C(O)/C=C/CCCCCCCCCCCCCCCC. The molecule has 0 aromatic rings. The second-order valence-corrected chi connectivity index (χ2v) is 18.6. The molecule has 364 valence electrons. The minimum atomic E-state index is -0.852. The number of aliphatic hydroxyl groups is 2. The maximum absolute atomic E-state index is 12.4. The van der Waals surface area contributed by atoms with Gasteiger partial charge in [-0.25, -0.2) is 0 Å². The van der Waals surface area contributed by atoms with Crippen molar-refractivity contribution < 1.29 is 24.5 Å². The lowest BCUT2D eigenvalue weighted by Crippen LogP contribution is -2.45. The van der Waals surface area contributed by atoms with Crippen LogP contribution in [-0.2, 0) is 14.3 Å². The number of esters is 1. The molecule has 0 aliphatic heterocycles. The molecule has 6 heteroatoms. The van der Waals surface area contributed by atoms with Gasteiger partial charge in [0.2, 0.25) is 5.91 Å². The predicted octanol–water partition coefficient (Wildman–Crippen LogP) is 16.5. The molecule has 0 bridgehead atoms. The highest BCUT2D eigenvalue weighted by molar-refractivity contribution is 5.76. The summed E-state index contributed by atoms with van der Waals surface area (Å²) in [4.78, 5) is 24.5. The molecule has 0 saturated carbocycles. The van der Waals surface area contributed by atoms with Gasteiger partial charge >= 0.3 is 5.97 Å². The van der Waals surface area contributed by atoms with Crippen molar-refractivity contribution >= 4 is 11.9 Å². The number of hydrogen-bond acceptors (Lipinski definition) is 5. The zero-order chi connectivity index (χ0) is 45.1. The number of unbranched alkanes of at least 4 members (excludes halogenated alkanes) is 35. The van der Waals surface area contributed by atoms with E-state index in [0.717, 1.165) is 64.2 Å². The van der Waals surface area contributed by atoms with E-state index < -0.39 is 12.1 Å². The number of nitrogens with one attached hydrogen (secondary N) is 1. The van der Waals surface area contributed by atoms with Crippen molar-refractivity contribution in [2.24, 2.45) is 0 Å². The van der Waals surface area contributed by atoms with E-state index in [-0.39, 0.29) is 18.5 Å². The van der Waals surface area contributed by atoms with E-state index in [9.17, 15) is 19.8 Å². The van der Waals surface area contributed by atoms with Gasteiger partial charge in [0.15, 0.2) is 0 Å². The third-order valence-corrected chi connectivity index (χ3v) is 12.4. The fraction of sp³-hybridized carbons (Fsp3) is 0.857. The van der Waals surface area contributed by atoms with Crippen LogP contribution in [0.2, 0.25) is 0 Å². The van der Waals surface area contributed by atoms with Crippen LogP contribution >= 0.6 is 0 Å². The Morgan fingerprint density at radius 3 is 1.26 bits per heavy atom. The smallest absolute Gasteiger partial charge is 0.305 e. The molecule has 3 N–H and O–H groups in total. The number of ether oxygens (including phenoxy) is 1. The first-order valence-corrected chi connectivity index (χ1v) is 27.3. The summed E-state index contributed by atoms with van der Waals surface area (Å²) in [5.41, 5.74) is 0. The molecule has 0 fully saturated rings. The molecule has 0 rings (SSSR count). The van der Waals surface area contributed by atoms with Gasteiger partial charge in [-0.05, 0) is 64.2 Å². The Bertz CT molecular complexity index is 1010. The summed E-state index contributed by atoms with van der Waals surface area (Å²) >= 11 is 0. The Hall–Kier alpha value is -1.92. The quantitative estimate of drug-likeness (QED) is 0.0321. The number of amides is 1. The molecule has 0 aliphatic carbocycles. The van der Waals surface area contributed by atoms with Crippen LogP contribution in [0.1, 0.15) is 284 Å². The Balaban J connectivity index is 3.49. The standard InChI is InChI=1S/C56H105NO5/c1-3-5-7-9-11-13-15-17-19-21-24-28-32-36-40-44-48-54(59)53(52-58)57-55(60)49-45-41-37-33-29-25-22-23-27-31-35-39-43-47-51-62-56(61)50-46-42-38-34-30-26-20-18-16-14-12-10-8-6-4-2/h12,14,18,20,44,48,53-54,58-59H,3-11,13,15-17,19,21-43,45-47,49-52H2,1-2H3,(H,57,60)/b14-12-,20-18-,48-44+. The second kappa shape index (κ2) is 51.7. The Kier molecular flexibility index (Phi) is 50.1. The summed E-state index contributed by atoms with van der Waals surface area (Å²) in [6.07, 6.45) is 62.9. The van der Waals surface area contributed by atoms with E-state index in [0.29, 0.717) is 19.4 Å². The van der Waals surface area contributed by atoms with Gasteiger partial charge in [-0.3, -0.25) is 9.59 Å². The van der Waals surface area contributed by atoms with Crippen LogP contribution in [0.25, 0.3) is 0 Å². The molecule has 0 aromatic carbocycles. The normalized spacial score (nSPS) is 12.9. The van der Waals surface area contributed by atoms with Gasteiger partial charge in [-0.1, -0.05) is 243 Å². The summed E-state index contributed by atoms with van der Waals surface area (Å²) in [6, 6.07) is -0.636. The molecule has 2 unspecified atom stereocenters. The van der Waals surface area contributed by atoms with Crippen LogP contribution in [0.5, 0.6) is 0 Å². The van der Waals surface area contributed by atoms with Crippen LogP contribution in [0.15, 0.2) is 36.5 Å². The number of carbonyl (C=O) groups is 2. The summed E-state index contributed by atoms with van der Waals surface area (Å²) in [6.45, 7) is 4.85. The molecular formula is C56H105NO5. The van der Waals surface area contributed by atoms with Gasteiger partial charge < -0.3 is 20.3 Å². The maximum Gasteiger partial charge on any atom is 0.305 e. The summed E-state index contributed by atoms with van der Waals surface area (Å²) in [7, 11) is 0. The molecule has 0 heterocycles. The van der Waals surface area contributed by atoms with E-state index in [1.807, 2.05) is 6.08 Å². The average molecular weight is 872 g/mol. The largest absolute Gasteiger partial charge is 0.466 e. The fourth-order valence-electron chi connectivity index (χ4n) is 8.19. The highest BCUT2D eigenvalue weighted by Crippen LogP contribution is 2.16. The predicted molar refractivity (Wildman–Crippen MR) is 269 cm³/mol. The molecule has 0 aliphatic rings. The van der Waals surface area contributed by atoms with Crippen molar-refractivity contribution in [3.63, 3.8) is 0 Å². The third-order valence-electron chi connectivity index (χ3n) is 12.4. The Morgan fingerprint density at radius 1 is 0.452 bits per heavy atom. The van der Waals surface area contributed by atoms with Crippen LogP contribution in [-0.4, -0.2) is 47.4 Å². The highest BCUT2D eigenvalue weighted by atomic mass is 16.5. The highest BCUT2D eigenvalue weighted by Gasteiger charge is 2.18. The molecule has 6 nitrogen and oxygen atoms in total. The van der Waals surface area contributed by atoms with Gasteiger partial charge in [-0.2, -0.15) is 0 Å². The van der Waals surface area contributed by atoms with Crippen molar-refractivity contribution in [1.82, 2.24) is 5.32 Å². The first-order valence-electron chi connectivity index (χ1n) is 27.3. The molecule has 0 spiro atoms. The zero-order valence-electron chi connectivity index (χ0n) is 41.4. The molecule has 62 heavy (non-hydrogen) atoms. The Morgan fingerprint density at radius 2 is 0.806 bits per heavy atom. The molecule has 0 saturated heterocycles. The number of carbonyl (C=O) groups excluding carboxylic acids is 2. The van der Waals surface area contributed by atoms with Crippen LogP contribution in [0.4, 0.5) is 0 Å². The van der Waals surface area contributed by atoms with Crippen LogP contribution in [0, 0.1) is 0 Å². The molecule has 0 aromatic heterocycles. The monoisotopic (exact) mass is 872 g/mol. The average Bonchev–Trinajstić information content (AvgIpc) is 3.27. The number of aliphatic hydroxyl groups excluding tert-OH is 2. The van der Waals surface area contributed by atoms with E-state index in [1.54, 1.807) is 6.08 Å². The van der Waals surface area contributed by atoms with E-state index in [2.05, 4.69) is 43.5 Å². The van der Waals surface area contributed by atoms with Gasteiger partial charge in [0.05, 0.1) is 25.4 Å². The maximum atomic E-state index is 12.4. The Labute approximate surface area is 385 Å². The molecular weight excluding hydrogens is 767 g/mol.